The van der Waals surface area contributed by atoms with E-state index in [0.717, 1.165) is 10.8 Å². The molecule has 108 heavy (non-hydrogen) atoms. The second-order valence-electron chi connectivity index (χ2n) is 26.7. The molecule has 0 bridgehead atoms. The van der Waals surface area contributed by atoms with Crippen LogP contribution in [0.4, 0.5) is 0 Å². The molecule has 11 atom stereocenters. The number of aromatic amines is 1. The van der Waals surface area contributed by atoms with Crippen molar-refractivity contribution in [3.63, 3.8) is 0 Å². The van der Waals surface area contributed by atoms with Crippen LogP contribution in [0.5, 0.6) is 0 Å². The summed E-state index contributed by atoms with van der Waals surface area (Å²) in [4.78, 5) is 212. The number of likely N-dealkylation sites (tertiary alicyclic amines) is 1. The van der Waals surface area contributed by atoms with Gasteiger partial charge in [0, 0.05) is 88.8 Å². The largest absolute Gasteiger partial charge is 0.370 e. The van der Waals surface area contributed by atoms with Gasteiger partial charge in [0.15, 0.2) is 5.96 Å². The van der Waals surface area contributed by atoms with E-state index >= 15 is 14.4 Å². The third-order valence-corrected chi connectivity index (χ3v) is 18.1. The number of carbonyl (C=O) groups is 14. The predicted molar refractivity (Wildman–Crippen MR) is 393 cm³/mol. The van der Waals surface area contributed by atoms with Gasteiger partial charge in [0.25, 0.3) is 0 Å². The van der Waals surface area contributed by atoms with E-state index in [1.165, 1.54) is 36.7 Å². The molecule has 2 aliphatic heterocycles. The number of amides is 14. The summed E-state index contributed by atoms with van der Waals surface area (Å²) in [6.07, 6.45) is 2.48. The maximum absolute atomic E-state index is 15.1. The van der Waals surface area contributed by atoms with E-state index in [9.17, 15) is 52.7 Å². The Morgan fingerprint density at radius 1 is 0.685 bits per heavy atom. The highest BCUT2D eigenvalue weighted by Crippen LogP contribution is 2.22. The smallest absolute Gasteiger partial charge is 0.245 e. The number of primary amides is 1. The normalized spacial score (nSPS) is 19.5. The van der Waals surface area contributed by atoms with E-state index in [0.29, 0.717) is 33.8 Å². The molecule has 36 nitrogen and oxygen atoms in total. The topological polar surface area (TPSA) is 568 Å². The number of nitrogens with two attached hydrogens (primary N) is 4. The minimum Gasteiger partial charge on any atom is -0.370 e. The second-order valence-corrected chi connectivity index (χ2v) is 27.2. The van der Waals surface area contributed by atoms with Gasteiger partial charge in [0.05, 0.1) is 18.4 Å². The zero-order valence-corrected chi connectivity index (χ0v) is 60.8. The highest BCUT2D eigenvalue weighted by molar-refractivity contribution is 6.30. The molecule has 14 amide bonds. The fourth-order valence-corrected chi connectivity index (χ4v) is 12.4. The molecule has 37 heteroatoms. The van der Waals surface area contributed by atoms with Gasteiger partial charge >= 0.3 is 0 Å². The van der Waals surface area contributed by atoms with Gasteiger partial charge in [-0.25, -0.2) is 10.8 Å². The van der Waals surface area contributed by atoms with Crippen LogP contribution in [-0.4, -0.2) is 201 Å². The fourth-order valence-electron chi connectivity index (χ4n) is 12.3. The van der Waals surface area contributed by atoms with Crippen LogP contribution in [0.2, 0.25) is 5.02 Å². The number of nitrogens with one attached hydrogen (secondary N) is 15. The van der Waals surface area contributed by atoms with Crippen LogP contribution in [-0.2, 0) is 92.8 Å². The van der Waals surface area contributed by atoms with Gasteiger partial charge in [-0.1, -0.05) is 86.1 Å². The zero-order chi connectivity index (χ0) is 78.6. The first kappa shape index (κ1) is 83.6. The molecular weight excluding hydrogens is 1420 g/mol. The van der Waals surface area contributed by atoms with Crippen molar-refractivity contribution in [2.75, 3.05) is 26.2 Å². The van der Waals surface area contributed by atoms with E-state index in [4.69, 9.17) is 40.1 Å². The van der Waals surface area contributed by atoms with Gasteiger partial charge < -0.3 is 90.9 Å². The number of pyridine rings is 1. The molecule has 2 aliphatic rings. The van der Waals surface area contributed by atoms with Gasteiger partial charge in [-0.2, -0.15) is 0 Å². The summed E-state index contributed by atoms with van der Waals surface area (Å²) < 4.78 is 0. The molecule has 2 fully saturated rings. The third-order valence-electron chi connectivity index (χ3n) is 17.9. The average molecular weight is 1520 g/mol. The van der Waals surface area contributed by atoms with E-state index in [-0.39, 0.29) is 89.9 Å². The van der Waals surface area contributed by atoms with E-state index in [1.54, 1.807) is 56.3 Å². The summed E-state index contributed by atoms with van der Waals surface area (Å²) in [5.74, 6) is -8.03. The van der Waals surface area contributed by atoms with Crippen molar-refractivity contribution in [1.29, 1.82) is 5.41 Å². The number of rotatable bonds is 30. The molecule has 1 unspecified atom stereocenters. The molecule has 580 valence electrons. The molecule has 3 aromatic carbocycles. The summed E-state index contributed by atoms with van der Waals surface area (Å²) in [5.41, 5.74) is 20.5. The number of imidazole rings is 1. The minimum absolute atomic E-state index is 0.00724. The monoisotopic (exact) mass is 1510 g/mol. The van der Waals surface area contributed by atoms with E-state index < -0.39 is 174 Å². The second kappa shape index (κ2) is 41.3. The van der Waals surface area contributed by atoms with Crippen molar-refractivity contribution < 1.29 is 67.1 Å². The van der Waals surface area contributed by atoms with Crippen LogP contribution >= 0.6 is 11.6 Å². The van der Waals surface area contributed by atoms with Gasteiger partial charge in [-0.3, -0.25) is 82.9 Å². The summed E-state index contributed by atoms with van der Waals surface area (Å²) in [6.45, 7) is 4.01. The molecule has 5 aromatic rings. The van der Waals surface area contributed by atoms with Crippen molar-refractivity contribution in [1.82, 2.24) is 89.1 Å². The number of guanidine groups is 1. The lowest BCUT2D eigenvalue weighted by Crippen LogP contribution is -2.61. The van der Waals surface area contributed by atoms with Crippen LogP contribution in [0, 0.1) is 11.3 Å². The number of halogens is 1. The first-order chi connectivity index (χ1) is 51.6. The molecule has 0 aliphatic carbocycles. The highest BCUT2D eigenvalue weighted by atomic mass is 35.5. The maximum Gasteiger partial charge on any atom is 0.245 e. The van der Waals surface area contributed by atoms with E-state index in [1.807, 2.05) is 41.8 Å². The molecule has 2 aromatic heterocycles. The van der Waals surface area contributed by atoms with E-state index in [2.05, 4.69) is 78.8 Å². The third kappa shape index (κ3) is 26.1. The van der Waals surface area contributed by atoms with Crippen LogP contribution in [0.1, 0.15) is 101 Å². The number of hydrogen-bond acceptors (Lipinski definition) is 19. The molecular formula is C71H95ClN22O14. The molecule has 0 saturated carbocycles. The first-order valence-electron chi connectivity index (χ1n) is 35.3. The SMILES string of the molecule is CC(=O)N[C@H](Cc1ccc2ccccc2c1)C(=O)N[C@H](Cc1ccc(Cl)cc1)C(=O)N[C@H](Cc1cccnc1)C(=O)N[C@@H](CC(=O)NN)C(=O)N[C@H]1CCC(=O)N[C@@H](Cc2c[nH]cn2)C(=O)NCC[C@@H](C(=O)N2CCC[C@H]2C(=O)NC(CN)C(N)=O)NC(=O)[C@H](CC(C)C)NC(=O)[C@@H](CCCNC(=N)N)NC1=O. The van der Waals surface area contributed by atoms with Crippen molar-refractivity contribution in [3.8, 4) is 0 Å². The Morgan fingerprint density at radius 2 is 1.33 bits per heavy atom. The van der Waals surface area contributed by atoms with Gasteiger partial charge in [-0.15, -0.1) is 0 Å². The Labute approximate surface area is 627 Å². The van der Waals surface area contributed by atoms with Crippen LogP contribution in [0.25, 0.3) is 10.8 Å². The van der Waals surface area contributed by atoms with Crippen molar-refractivity contribution >= 4 is 111 Å². The number of benzene rings is 3. The van der Waals surface area contributed by atoms with Gasteiger partial charge in [0.2, 0.25) is 82.7 Å². The number of nitrogens with zero attached hydrogens (tertiary/aromatic N) is 3. The molecule has 0 radical (unpaired) electrons. The minimum atomic E-state index is -1.98. The lowest BCUT2D eigenvalue weighted by Gasteiger charge is -2.31. The van der Waals surface area contributed by atoms with Crippen LogP contribution < -0.4 is 92.3 Å². The Morgan fingerprint density at radius 3 is 1.96 bits per heavy atom. The molecule has 23 N–H and O–H groups in total. The number of hydrazine groups is 1. The van der Waals surface area contributed by atoms with Crippen molar-refractivity contribution in [2.45, 2.75) is 171 Å². The average Bonchev–Trinajstić information content (AvgIpc) is 1.50. The Balaban J connectivity index is 1.21. The summed E-state index contributed by atoms with van der Waals surface area (Å²) in [5, 5.41) is 41.4. The number of hydrogen-bond donors (Lipinski definition) is 19. The molecule has 0 spiro atoms. The van der Waals surface area contributed by atoms with Gasteiger partial charge in [0.1, 0.15) is 66.5 Å². The van der Waals surface area contributed by atoms with Crippen LogP contribution in [0.3, 0.4) is 0 Å². The van der Waals surface area contributed by atoms with Crippen molar-refractivity contribution in [2.24, 2.45) is 29.0 Å². The Hall–Kier alpha value is -11.7. The number of aromatic nitrogens is 3. The fraction of sp³-hybridized carbons (Fsp3) is 0.451. The summed E-state index contributed by atoms with van der Waals surface area (Å²) >= 11 is 6.25. The Kier molecular flexibility index (Phi) is 32.0. The zero-order valence-electron chi connectivity index (χ0n) is 60.0. The number of carbonyl (C=O) groups excluding carboxylic acids is 14. The quantitative estimate of drug-likeness (QED) is 0.00523. The molecule has 4 heterocycles. The van der Waals surface area contributed by atoms with Gasteiger partial charge in [-0.05, 0) is 96.5 Å². The standard InChI is InChI=1S/C71H95ClN22O14/c1-38(2)27-50-64(102)87-49(70(108)94-26-8-13-57(94)69(107)92-56(34-73)60(74)98)22-25-80-61(99)54(32-46-36-79-37-82-46)84-58(96)21-20-48(63(101)85-47(62(100)88-50)12-7-24-81-71(75)76)86-68(106)55(33-59(97)93-77)91-67(105)53(31-42-9-6-23-78-35-42)90-66(104)52(29-40-15-18-45(72)19-16-40)89-65(103)51(83-39(3)95)30-41-14-17-43-10-4-5-11-44(43)28-41/h4-6,9-11,14-19,23,28,35-38,47-57H,7-8,12-13,20-22,24-27,29-34,73,77H2,1-3H3,(H2,74,98)(H,79,82)(H,80,99)(H,83,95)(H,84,96)(H,85,101)(H,86,106)(H,87,102)(H,88,100)(H,89,103)(H,90,104)(H,91,105)(H,92,107)(H,93,97)(H4,75,76,81)/t47-,48+,49+,50+,51-,52-,53-,54+,55+,56?,57+/m1/s1. The summed E-state index contributed by atoms with van der Waals surface area (Å²) in [6, 6.07) is 5.92. The lowest BCUT2D eigenvalue weighted by molar-refractivity contribution is -0.142. The highest BCUT2D eigenvalue weighted by Gasteiger charge is 2.41. The molecule has 2 saturated heterocycles. The molecule has 7 rings (SSSR count). The number of fused-ring (bicyclic) bond motifs is 1. The first-order valence-corrected chi connectivity index (χ1v) is 35.7. The summed E-state index contributed by atoms with van der Waals surface area (Å²) in [7, 11) is 0. The number of H-pyrrole nitrogens is 1. The Bertz CT molecular complexity index is 4020. The lowest BCUT2D eigenvalue weighted by atomic mass is 9.99. The van der Waals surface area contributed by atoms with Crippen molar-refractivity contribution in [3.05, 3.63) is 131 Å². The maximum atomic E-state index is 15.1. The predicted octanol–water partition coefficient (Wildman–Crippen LogP) is -3.83. The van der Waals surface area contributed by atoms with Crippen LogP contribution in [0.15, 0.2) is 104 Å².